The molecule has 0 saturated carbocycles. The number of thiocarbonyl (C=S) groups is 1. The molecule has 0 unspecified atom stereocenters. The number of nitrogens with one attached hydrogen (secondary N) is 2. The Kier molecular flexibility index (Phi) is 6.21. The van der Waals surface area contributed by atoms with Gasteiger partial charge in [-0.25, -0.2) is 0 Å². The van der Waals surface area contributed by atoms with Crippen molar-refractivity contribution in [3.05, 3.63) is 58.1 Å². The number of amides is 1. The van der Waals surface area contributed by atoms with Gasteiger partial charge in [0, 0.05) is 15.7 Å². The molecule has 23 heavy (non-hydrogen) atoms. The maximum absolute atomic E-state index is 11.8. The molecule has 1 amide bonds. The van der Waals surface area contributed by atoms with Crippen molar-refractivity contribution in [1.29, 1.82) is 0 Å². The van der Waals surface area contributed by atoms with Gasteiger partial charge in [0.25, 0.3) is 5.91 Å². The molecule has 0 radical (unpaired) electrons. The summed E-state index contributed by atoms with van der Waals surface area (Å²) in [6.45, 7) is 1.70. The number of carbonyl (C=O) groups is 1. The van der Waals surface area contributed by atoms with Crippen LogP contribution in [-0.2, 0) is 4.79 Å². The molecule has 2 N–H and O–H groups in total. The molecule has 0 saturated heterocycles. The van der Waals surface area contributed by atoms with Gasteiger partial charge in [0.2, 0.25) is 0 Å². The van der Waals surface area contributed by atoms with Crippen LogP contribution in [0.5, 0.6) is 5.75 Å². The third kappa shape index (κ3) is 5.71. The van der Waals surface area contributed by atoms with E-state index in [2.05, 4.69) is 10.6 Å². The molecule has 7 heteroatoms. The van der Waals surface area contributed by atoms with E-state index in [1.807, 2.05) is 6.92 Å². The van der Waals surface area contributed by atoms with Gasteiger partial charge in [-0.05, 0) is 61.1 Å². The third-order valence-corrected chi connectivity index (χ3v) is 3.51. The van der Waals surface area contributed by atoms with Crippen LogP contribution in [0.2, 0.25) is 10.0 Å². The fraction of sp³-hybridized carbons (Fsp3) is 0.125. The Labute approximate surface area is 149 Å². The van der Waals surface area contributed by atoms with E-state index in [1.165, 1.54) is 0 Å². The van der Waals surface area contributed by atoms with E-state index in [0.717, 1.165) is 5.56 Å². The molecular formula is C16H14Cl2N2O2S. The molecule has 0 aromatic heterocycles. The first-order valence-electron chi connectivity index (χ1n) is 6.69. The summed E-state index contributed by atoms with van der Waals surface area (Å²) in [4.78, 5) is 11.8. The monoisotopic (exact) mass is 368 g/mol. The Morgan fingerprint density at radius 2 is 1.91 bits per heavy atom. The predicted molar refractivity (Wildman–Crippen MR) is 97.5 cm³/mol. The molecule has 4 nitrogen and oxygen atoms in total. The molecule has 2 aromatic rings. The summed E-state index contributed by atoms with van der Waals surface area (Å²) in [5, 5.41) is 6.78. The first-order chi connectivity index (χ1) is 10.9. The van der Waals surface area contributed by atoms with Gasteiger partial charge < -0.3 is 10.1 Å². The number of ether oxygens (including phenoxy) is 1. The van der Waals surface area contributed by atoms with Gasteiger partial charge in [-0.15, -0.1) is 0 Å². The number of hydrogen-bond donors (Lipinski definition) is 2. The molecule has 0 spiro atoms. The zero-order chi connectivity index (χ0) is 16.8. The van der Waals surface area contributed by atoms with E-state index in [-0.39, 0.29) is 17.6 Å². The number of hydrogen-bond acceptors (Lipinski definition) is 3. The van der Waals surface area contributed by atoms with Crippen molar-refractivity contribution in [3.63, 3.8) is 0 Å². The molecule has 0 aliphatic carbocycles. The molecule has 2 aromatic carbocycles. The Hall–Kier alpha value is -1.82. The number of halogens is 2. The highest BCUT2D eigenvalue weighted by molar-refractivity contribution is 7.80. The number of aryl methyl sites for hydroxylation is 1. The zero-order valence-electron chi connectivity index (χ0n) is 12.2. The van der Waals surface area contributed by atoms with Crippen molar-refractivity contribution >= 4 is 52.1 Å². The molecule has 0 aliphatic rings. The molecular weight excluding hydrogens is 355 g/mol. The van der Waals surface area contributed by atoms with Crippen LogP contribution in [0.25, 0.3) is 0 Å². The molecule has 0 heterocycles. The summed E-state index contributed by atoms with van der Waals surface area (Å²) in [6, 6.07) is 12.2. The van der Waals surface area contributed by atoms with E-state index in [1.54, 1.807) is 42.5 Å². The van der Waals surface area contributed by atoms with Crippen LogP contribution >= 0.6 is 35.4 Å². The fourth-order valence-electron chi connectivity index (χ4n) is 1.81. The lowest BCUT2D eigenvalue weighted by Gasteiger charge is -2.11. The van der Waals surface area contributed by atoms with E-state index >= 15 is 0 Å². The highest BCUT2D eigenvalue weighted by atomic mass is 35.5. The lowest BCUT2D eigenvalue weighted by atomic mass is 10.2. The fourth-order valence-corrected chi connectivity index (χ4v) is 2.46. The standard InChI is InChI=1S/C16H14Cl2N2O2S/c1-10-7-12(18)5-6-14(10)22-9-15(21)20-16(23)19-13-4-2-3-11(17)8-13/h2-8H,9H2,1H3,(H2,19,20,21,23). The van der Waals surface area contributed by atoms with Gasteiger partial charge in [0.15, 0.2) is 11.7 Å². The SMILES string of the molecule is Cc1cc(Cl)ccc1OCC(=O)NC(=S)Nc1cccc(Cl)c1. The van der Waals surface area contributed by atoms with Crippen LogP contribution in [0.15, 0.2) is 42.5 Å². The molecule has 0 atom stereocenters. The van der Waals surface area contributed by atoms with Crippen molar-refractivity contribution in [2.75, 3.05) is 11.9 Å². The number of anilines is 1. The van der Waals surface area contributed by atoms with Crippen molar-refractivity contribution in [2.24, 2.45) is 0 Å². The molecule has 120 valence electrons. The van der Waals surface area contributed by atoms with E-state index in [9.17, 15) is 4.79 Å². The summed E-state index contributed by atoms with van der Waals surface area (Å²) >= 11 is 16.8. The van der Waals surface area contributed by atoms with Crippen LogP contribution in [0.3, 0.4) is 0 Å². The maximum Gasteiger partial charge on any atom is 0.264 e. The van der Waals surface area contributed by atoms with Gasteiger partial charge in [-0.1, -0.05) is 29.3 Å². The summed E-state index contributed by atoms with van der Waals surface area (Å²) in [5.74, 6) is 0.233. The van der Waals surface area contributed by atoms with E-state index in [4.69, 9.17) is 40.2 Å². The van der Waals surface area contributed by atoms with Crippen molar-refractivity contribution < 1.29 is 9.53 Å². The highest BCUT2D eigenvalue weighted by Crippen LogP contribution is 2.21. The first kappa shape index (κ1) is 17.5. The van der Waals surface area contributed by atoms with Crippen molar-refractivity contribution in [2.45, 2.75) is 6.92 Å². The van der Waals surface area contributed by atoms with E-state index in [0.29, 0.717) is 21.5 Å². The van der Waals surface area contributed by atoms with Crippen molar-refractivity contribution in [3.8, 4) is 5.75 Å². The summed E-state index contributed by atoms with van der Waals surface area (Å²) in [7, 11) is 0. The quantitative estimate of drug-likeness (QED) is 0.794. The van der Waals surface area contributed by atoms with E-state index < -0.39 is 0 Å². The summed E-state index contributed by atoms with van der Waals surface area (Å²) in [6.07, 6.45) is 0. The summed E-state index contributed by atoms with van der Waals surface area (Å²) in [5.41, 5.74) is 1.54. The lowest BCUT2D eigenvalue weighted by Crippen LogP contribution is -2.37. The van der Waals surface area contributed by atoms with Crippen LogP contribution in [-0.4, -0.2) is 17.6 Å². The normalized spacial score (nSPS) is 10.0. The minimum Gasteiger partial charge on any atom is -0.483 e. The van der Waals surface area contributed by atoms with Gasteiger partial charge in [0.05, 0.1) is 0 Å². The predicted octanol–water partition coefficient (Wildman–Crippen LogP) is 4.19. The maximum atomic E-state index is 11.8. The number of rotatable bonds is 4. The lowest BCUT2D eigenvalue weighted by molar-refractivity contribution is -0.121. The minimum atomic E-state index is -0.362. The Balaban J connectivity index is 1.83. The Bertz CT molecular complexity index is 738. The van der Waals surface area contributed by atoms with Gasteiger partial charge >= 0.3 is 0 Å². The minimum absolute atomic E-state index is 0.153. The van der Waals surface area contributed by atoms with Gasteiger partial charge in [-0.3, -0.25) is 10.1 Å². The molecule has 0 bridgehead atoms. The Morgan fingerprint density at radius 1 is 1.17 bits per heavy atom. The van der Waals surface area contributed by atoms with Crippen LogP contribution in [0.4, 0.5) is 5.69 Å². The number of benzene rings is 2. The second-order valence-corrected chi connectivity index (χ2v) is 5.99. The number of carbonyl (C=O) groups excluding carboxylic acids is 1. The third-order valence-electron chi connectivity index (χ3n) is 2.83. The van der Waals surface area contributed by atoms with Crippen LogP contribution in [0, 0.1) is 6.92 Å². The van der Waals surface area contributed by atoms with Crippen LogP contribution in [0.1, 0.15) is 5.56 Å². The topological polar surface area (TPSA) is 50.4 Å². The first-order valence-corrected chi connectivity index (χ1v) is 7.86. The average molecular weight is 369 g/mol. The molecule has 0 aliphatic heterocycles. The average Bonchev–Trinajstić information content (AvgIpc) is 2.46. The zero-order valence-corrected chi connectivity index (χ0v) is 14.6. The Morgan fingerprint density at radius 3 is 2.61 bits per heavy atom. The van der Waals surface area contributed by atoms with Crippen molar-refractivity contribution in [1.82, 2.24) is 5.32 Å². The van der Waals surface area contributed by atoms with Gasteiger partial charge in [-0.2, -0.15) is 0 Å². The highest BCUT2D eigenvalue weighted by Gasteiger charge is 2.08. The smallest absolute Gasteiger partial charge is 0.264 e. The van der Waals surface area contributed by atoms with Crippen LogP contribution < -0.4 is 15.4 Å². The summed E-state index contributed by atoms with van der Waals surface area (Å²) < 4.78 is 5.44. The molecule has 0 fully saturated rings. The largest absolute Gasteiger partial charge is 0.483 e. The second kappa shape index (κ2) is 8.15. The molecule has 2 rings (SSSR count). The second-order valence-electron chi connectivity index (χ2n) is 4.71. The van der Waals surface area contributed by atoms with Gasteiger partial charge in [0.1, 0.15) is 5.75 Å².